The molecule has 1 aliphatic heterocycles. The molecule has 1 N–H and O–H groups in total. The van der Waals surface area contributed by atoms with Gasteiger partial charge in [0.25, 0.3) is 0 Å². The molecule has 1 heterocycles. The maximum atomic E-state index is 10.5. The first-order valence-corrected chi connectivity index (χ1v) is 7.65. The summed E-state index contributed by atoms with van der Waals surface area (Å²) in [6, 6.07) is 1.05. The van der Waals surface area contributed by atoms with Gasteiger partial charge in [-0.3, -0.25) is 9.80 Å². The van der Waals surface area contributed by atoms with Crippen LogP contribution >= 0.6 is 0 Å². The number of rotatable bonds is 7. The Labute approximate surface area is 118 Å². The number of piperazine rings is 1. The largest absolute Gasteiger partial charge is 0.389 e. The molecule has 2 atom stereocenters. The minimum absolute atomic E-state index is 0.520. The summed E-state index contributed by atoms with van der Waals surface area (Å²) in [6.45, 7) is 13.4. The van der Waals surface area contributed by atoms with Crippen molar-refractivity contribution in [1.29, 1.82) is 0 Å². The SMILES string of the molecule is CCC(O)(CC)CN1CC(C)N(CCOC)C(C)C1. The number of ether oxygens (including phenoxy) is 1. The first-order chi connectivity index (χ1) is 8.95. The summed E-state index contributed by atoms with van der Waals surface area (Å²) < 4.78 is 5.19. The van der Waals surface area contributed by atoms with Crippen molar-refractivity contribution < 1.29 is 9.84 Å². The number of β-amino-alcohol motifs (C(OH)–C–C–N with tert-alkyl or cyclic N) is 1. The fraction of sp³-hybridized carbons (Fsp3) is 1.00. The van der Waals surface area contributed by atoms with Gasteiger partial charge in [-0.2, -0.15) is 0 Å². The van der Waals surface area contributed by atoms with E-state index in [9.17, 15) is 5.11 Å². The normalized spacial score (nSPS) is 26.8. The Morgan fingerprint density at radius 3 is 2.11 bits per heavy atom. The predicted molar refractivity (Wildman–Crippen MR) is 79.5 cm³/mol. The van der Waals surface area contributed by atoms with E-state index in [1.54, 1.807) is 7.11 Å². The fourth-order valence-electron chi connectivity index (χ4n) is 3.12. The highest BCUT2D eigenvalue weighted by molar-refractivity contribution is 4.89. The van der Waals surface area contributed by atoms with Crippen LogP contribution in [0.1, 0.15) is 40.5 Å². The van der Waals surface area contributed by atoms with Crippen LogP contribution in [0.25, 0.3) is 0 Å². The molecule has 0 aromatic rings. The number of aliphatic hydroxyl groups is 1. The highest BCUT2D eigenvalue weighted by atomic mass is 16.5. The van der Waals surface area contributed by atoms with Crippen LogP contribution < -0.4 is 0 Å². The first kappa shape index (κ1) is 16.9. The Morgan fingerprint density at radius 1 is 1.16 bits per heavy atom. The number of methoxy groups -OCH3 is 1. The van der Waals surface area contributed by atoms with Gasteiger partial charge in [0.2, 0.25) is 0 Å². The van der Waals surface area contributed by atoms with Gasteiger partial charge in [-0.25, -0.2) is 0 Å². The lowest BCUT2D eigenvalue weighted by Crippen LogP contribution is -2.59. The van der Waals surface area contributed by atoms with Gasteiger partial charge in [0.05, 0.1) is 12.2 Å². The van der Waals surface area contributed by atoms with Crippen LogP contribution in [0.2, 0.25) is 0 Å². The maximum Gasteiger partial charge on any atom is 0.0768 e. The molecule has 1 aliphatic rings. The minimum Gasteiger partial charge on any atom is -0.389 e. The van der Waals surface area contributed by atoms with E-state index in [0.717, 1.165) is 45.6 Å². The molecule has 0 aromatic heterocycles. The fourth-order valence-corrected chi connectivity index (χ4v) is 3.12. The summed E-state index contributed by atoms with van der Waals surface area (Å²) in [5.74, 6) is 0. The third kappa shape index (κ3) is 4.71. The van der Waals surface area contributed by atoms with E-state index in [2.05, 4.69) is 37.5 Å². The van der Waals surface area contributed by atoms with Gasteiger partial charge < -0.3 is 9.84 Å². The Bertz CT molecular complexity index is 245. The summed E-state index contributed by atoms with van der Waals surface area (Å²) in [5.41, 5.74) is -0.520. The lowest BCUT2D eigenvalue weighted by atomic mass is 9.95. The third-order valence-electron chi connectivity index (χ3n) is 4.56. The van der Waals surface area contributed by atoms with Crippen molar-refractivity contribution in [3.05, 3.63) is 0 Å². The molecule has 0 saturated carbocycles. The zero-order valence-electron chi connectivity index (χ0n) is 13.4. The van der Waals surface area contributed by atoms with Gasteiger partial charge in [-0.15, -0.1) is 0 Å². The minimum atomic E-state index is -0.520. The molecule has 114 valence electrons. The van der Waals surface area contributed by atoms with E-state index < -0.39 is 5.60 Å². The summed E-state index contributed by atoms with van der Waals surface area (Å²) in [5, 5.41) is 10.5. The van der Waals surface area contributed by atoms with Crippen LogP contribution in [0, 0.1) is 0 Å². The second-order valence-electron chi connectivity index (χ2n) is 6.05. The Morgan fingerprint density at radius 2 is 1.68 bits per heavy atom. The average molecular weight is 272 g/mol. The highest BCUT2D eigenvalue weighted by Crippen LogP contribution is 2.21. The third-order valence-corrected chi connectivity index (χ3v) is 4.56. The van der Waals surface area contributed by atoms with Crippen molar-refractivity contribution in [3.63, 3.8) is 0 Å². The molecule has 0 bridgehead atoms. The Hall–Kier alpha value is -0.160. The molecule has 0 aromatic carbocycles. The lowest BCUT2D eigenvalue weighted by molar-refractivity contribution is -0.0410. The van der Waals surface area contributed by atoms with Crippen LogP contribution in [0.3, 0.4) is 0 Å². The Balaban J connectivity index is 2.54. The maximum absolute atomic E-state index is 10.5. The smallest absolute Gasteiger partial charge is 0.0768 e. The summed E-state index contributed by atoms with van der Waals surface area (Å²) >= 11 is 0. The van der Waals surface area contributed by atoms with Crippen molar-refractivity contribution in [1.82, 2.24) is 9.80 Å². The molecule has 0 aliphatic carbocycles. The topological polar surface area (TPSA) is 35.9 Å². The molecule has 19 heavy (non-hydrogen) atoms. The predicted octanol–water partition coefficient (Wildman–Crippen LogP) is 1.58. The van der Waals surface area contributed by atoms with Gasteiger partial charge in [-0.05, 0) is 26.7 Å². The standard InChI is InChI=1S/C15H32N2O2/c1-6-15(18,7-2)12-16-10-13(3)17(8-9-19-5)14(4)11-16/h13-14,18H,6-12H2,1-5H3. The molecule has 0 amide bonds. The van der Waals surface area contributed by atoms with E-state index in [1.807, 2.05) is 0 Å². The van der Waals surface area contributed by atoms with Crippen LogP contribution in [0.4, 0.5) is 0 Å². The Kier molecular flexibility index (Phi) is 6.74. The number of hydrogen-bond donors (Lipinski definition) is 1. The second-order valence-corrected chi connectivity index (χ2v) is 6.05. The molecule has 4 nitrogen and oxygen atoms in total. The van der Waals surface area contributed by atoms with E-state index in [4.69, 9.17) is 4.74 Å². The van der Waals surface area contributed by atoms with Crippen molar-refractivity contribution in [2.45, 2.75) is 58.2 Å². The first-order valence-electron chi connectivity index (χ1n) is 7.65. The van der Waals surface area contributed by atoms with Crippen LogP contribution in [-0.4, -0.2) is 72.5 Å². The monoisotopic (exact) mass is 272 g/mol. The molecule has 0 spiro atoms. The van der Waals surface area contributed by atoms with Crippen molar-refractivity contribution in [2.75, 3.05) is 39.9 Å². The highest BCUT2D eigenvalue weighted by Gasteiger charge is 2.33. The second kappa shape index (κ2) is 7.58. The summed E-state index contributed by atoms with van der Waals surface area (Å²) in [6.07, 6.45) is 1.66. The quantitative estimate of drug-likeness (QED) is 0.763. The van der Waals surface area contributed by atoms with E-state index in [-0.39, 0.29) is 0 Å². The molecule has 0 radical (unpaired) electrons. The molecule has 1 fully saturated rings. The van der Waals surface area contributed by atoms with Crippen molar-refractivity contribution in [3.8, 4) is 0 Å². The number of hydrogen-bond acceptors (Lipinski definition) is 4. The van der Waals surface area contributed by atoms with Crippen LogP contribution in [0.5, 0.6) is 0 Å². The van der Waals surface area contributed by atoms with Gasteiger partial charge >= 0.3 is 0 Å². The van der Waals surface area contributed by atoms with Gasteiger partial charge in [0.15, 0.2) is 0 Å². The van der Waals surface area contributed by atoms with Crippen LogP contribution in [0.15, 0.2) is 0 Å². The van der Waals surface area contributed by atoms with Crippen molar-refractivity contribution >= 4 is 0 Å². The zero-order valence-corrected chi connectivity index (χ0v) is 13.4. The van der Waals surface area contributed by atoms with Gasteiger partial charge in [-0.1, -0.05) is 13.8 Å². The van der Waals surface area contributed by atoms with Gasteiger partial charge in [0.1, 0.15) is 0 Å². The van der Waals surface area contributed by atoms with Crippen LogP contribution in [-0.2, 0) is 4.74 Å². The molecular formula is C15H32N2O2. The molecule has 2 unspecified atom stereocenters. The van der Waals surface area contributed by atoms with E-state index in [1.165, 1.54) is 0 Å². The van der Waals surface area contributed by atoms with E-state index in [0.29, 0.717) is 12.1 Å². The lowest BCUT2D eigenvalue weighted by Gasteiger charge is -2.46. The molecule has 4 heteroatoms. The van der Waals surface area contributed by atoms with E-state index >= 15 is 0 Å². The number of nitrogens with zero attached hydrogens (tertiary/aromatic N) is 2. The summed E-state index contributed by atoms with van der Waals surface area (Å²) in [4.78, 5) is 4.93. The molecule has 1 saturated heterocycles. The van der Waals surface area contributed by atoms with Gasteiger partial charge in [0, 0.05) is 45.4 Å². The average Bonchev–Trinajstić information content (AvgIpc) is 2.37. The molecule has 1 rings (SSSR count). The van der Waals surface area contributed by atoms with Crippen molar-refractivity contribution in [2.24, 2.45) is 0 Å². The zero-order chi connectivity index (χ0) is 14.5. The summed E-state index contributed by atoms with van der Waals surface area (Å²) in [7, 11) is 1.76. The molecular weight excluding hydrogens is 240 g/mol.